The summed E-state index contributed by atoms with van der Waals surface area (Å²) in [6.07, 6.45) is 1.27. The predicted molar refractivity (Wildman–Crippen MR) is 33.6 cm³/mol. The molecule has 0 radical (unpaired) electrons. The monoisotopic (exact) mass is 154 g/mol. The largest absolute Gasteiger partial charge is 0.348 e. The molecular weight excluding hydrogens is 151 g/mol. The van der Waals surface area contributed by atoms with Crippen LogP contribution in [0.1, 0.15) is 0 Å². The van der Waals surface area contributed by atoms with Crippen LogP contribution in [0, 0.1) is 5.95 Å². The molecule has 0 aliphatic heterocycles. The summed E-state index contributed by atoms with van der Waals surface area (Å²) in [5, 5.41) is 5.59. The van der Waals surface area contributed by atoms with Gasteiger partial charge < -0.3 is 0 Å². The normalized spacial score (nSPS) is 10.6. The van der Waals surface area contributed by atoms with Crippen molar-refractivity contribution in [3.8, 4) is 0 Å². The van der Waals surface area contributed by atoms with Gasteiger partial charge in [-0.1, -0.05) is 0 Å². The molecule has 11 heavy (non-hydrogen) atoms. The number of fused-ring (bicyclic) bond motifs is 1. The first-order valence-electron chi connectivity index (χ1n) is 2.86. The van der Waals surface area contributed by atoms with Crippen molar-refractivity contribution >= 4 is 5.78 Å². The first-order valence-corrected chi connectivity index (χ1v) is 2.86. The van der Waals surface area contributed by atoms with Crippen molar-refractivity contribution in [2.45, 2.75) is 0 Å². The molecule has 2 aromatic rings. The van der Waals surface area contributed by atoms with Gasteiger partial charge in [0.15, 0.2) is 0 Å². The van der Waals surface area contributed by atoms with Crippen LogP contribution in [-0.4, -0.2) is 19.6 Å². The third-order valence-electron chi connectivity index (χ3n) is 1.25. The van der Waals surface area contributed by atoms with Crippen LogP contribution in [0.5, 0.6) is 0 Å². The Balaban J connectivity index is 2.97. The maximum Gasteiger partial charge on any atom is 0.348 e. The van der Waals surface area contributed by atoms with Gasteiger partial charge in [-0.15, -0.1) is 5.10 Å². The van der Waals surface area contributed by atoms with Gasteiger partial charge in [-0.25, -0.2) is 14.3 Å². The zero-order valence-electron chi connectivity index (χ0n) is 5.28. The molecule has 0 aliphatic rings. The van der Waals surface area contributed by atoms with E-state index in [1.807, 2.05) is 0 Å². The van der Waals surface area contributed by atoms with E-state index in [0.717, 1.165) is 10.5 Å². The Morgan fingerprint density at radius 2 is 2.45 bits per heavy atom. The van der Waals surface area contributed by atoms with Crippen molar-refractivity contribution in [2.24, 2.45) is 0 Å². The smallest absolute Gasteiger partial charge is 0.246 e. The van der Waals surface area contributed by atoms with Gasteiger partial charge in [-0.05, 0) is 0 Å². The van der Waals surface area contributed by atoms with Crippen LogP contribution in [0.15, 0.2) is 17.1 Å². The molecule has 0 atom stereocenters. The van der Waals surface area contributed by atoms with Crippen molar-refractivity contribution < 1.29 is 4.39 Å². The standard InChI is InChI=1S/C5H3FN4O/c6-3-1-2-10-4(7-3)8-9-5(10)11/h1-2H,(H,9,11). The molecule has 1 N–H and O–H groups in total. The summed E-state index contributed by atoms with van der Waals surface area (Å²) in [7, 11) is 0. The Bertz CT molecular complexity index is 445. The summed E-state index contributed by atoms with van der Waals surface area (Å²) in [5.74, 6) is -0.619. The molecule has 0 saturated heterocycles. The quantitative estimate of drug-likeness (QED) is 0.523. The minimum absolute atomic E-state index is 0.0370. The van der Waals surface area contributed by atoms with Crippen molar-refractivity contribution in [1.29, 1.82) is 0 Å². The second-order valence-electron chi connectivity index (χ2n) is 1.95. The molecular formula is C5H3FN4O. The lowest BCUT2D eigenvalue weighted by molar-refractivity contribution is 0.582. The lowest BCUT2D eigenvalue weighted by Gasteiger charge is -1.86. The number of hydrogen-bond donors (Lipinski definition) is 1. The molecule has 0 spiro atoms. The minimum Gasteiger partial charge on any atom is -0.246 e. The second kappa shape index (κ2) is 1.88. The molecule has 0 aromatic carbocycles. The van der Waals surface area contributed by atoms with Gasteiger partial charge in [0.2, 0.25) is 5.95 Å². The van der Waals surface area contributed by atoms with E-state index >= 15 is 0 Å². The van der Waals surface area contributed by atoms with E-state index in [0.29, 0.717) is 0 Å². The minimum atomic E-state index is -0.656. The average Bonchev–Trinajstić information content (AvgIpc) is 2.32. The third kappa shape index (κ3) is 0.794. The van der Waals surface area contributed by atoms with E-state index in [2.05, 4.69) is 15.2 Å². The van der Waals surface area contributed by atoms with Crippen LogP contribution in [0.3, 0.4) is 0 Å². The van der Waals surface area contributed by atoms with E-state index in [1.54, 1.807) is 0 Å². The van der Waals surface area contributed by atoms with Gasteiger partial charge in [0, 0.05) is 12.3 Å². The number of hydrogen-bond acceptors (Lipinski definition) is 3. The van der Waals surface area contributed by atoms with Crippen LogP contribution in [0.4, 0.5) is 4.39 Å². The fourth-order valence-electron chi connectivity index (χ4n) is 0.778. The molecule has 0 bridgehead atoms. The summed E-state index contributed by atoms with van der Waals surface area (Å²) < 4.78 is 13.5. The zero-order valence-corrected chi connectivity index (χ0v) is 5.28. The summed E-state index contributed by atoms with van der Waals surface area (Å²) in [6.45, 7) is 0. The number of nitrogens with zero attached hydrogens (tertiary/aromatic N) is 3. The Morgan fingerprint density at radius 1 is 1.64 bits per heavy atom. The maximum absolute atomic E-state index is 12.4. The first-order chi connectivity index (χ1) is 5.27. The van der Waals surface area contributed by atoms with Crippen LogP contribution in [-0.2, 0) is 0 Å². The lowest BCUT2D eigenvalue weighted by atomic mass is 10.6. The Morgan fingerprint density at radius 3 is 3.27 bits per heavy atom. The molecule has 5 nitrogen and oxygen atoms in total. The molecule has 2 aromatic heterocycles. The molecule has 56 valence electrons. The van der Waals surface area contributed by atoms with Crippen molar-refractivity contribution in [3.63, 3.8) is 0 Å². The van der Waals surface area contributed by atoms with Crippen molar-refractivity contribution in [2.75, 3.05) is 0 Å². The molecule has 0 unspecified atom stereocenters. The number of H-pyrrole nitrogens is 1. The molecule has 2 rings (SSSR count). The molecule has 2 heterocycles. The fraction of sp³-hybridized carbons (Fsp3) is 0. The van der Waals surface area contributed by atoms with Gasteiger partial charge in [-0.2, -0.15) is 9.37 Å². The highest BCUT2D eigenvalue weighted by Gasteiger charge is 2.00. The van der Waals surface area contributed by atoms with E-state index < -0.39 is 11.6 Å². The van der Waals surface area contributed by atoms with Gasteiger partial charge in [0.05, 0.1) is 0 Å². The average molecular weight is 154 g/mol. The van der Waals surface area contributed by atoms with Crippen molar-refractivity contribution in [1.82, 2.24) is 19.6 Å². The topological polar surface area (TPSA) is 63.0 Å². The highest BCUT2D eigenvalue weighted by Crippen LogP contribution is 1.92. The highest BCUT2D eigenvalue weighted by molar-refractivity contribution is 5.23. The van der Waals surface area contributed by atoms with Gasteiger partial charge in [-0.3, -0.25) is 0 Å². The molecule has 0 fully saturated rings. The Kier molecular flexibility index (Phi) is 1.03. The summed E-state index contributed by atoms with van der Waals surface area (Å²) >= 11 is 0. The highest BCUT2D eigenvalue weighted by atomic mass is 19.1. The number of rotatable bonds is 0. The first kappa shape index (κ1) is 6.02. The summed E-state index contributed by atoms with van der Waals surface area (Å²) in [6, 6.07) is 1.09. The van der Waals surface area contributed by atoms with E-state index in [-0.39, 0.29) is 5.78 Å². The molecule has 0 saturated carbocycles. The lowest BCUT2D eigenvalue weighted by Crippen LogP contribution is -2.09. The number of halogens is 1. The Hall–Kier alpha value is -1.72. The SMILES string of the molecule is O=c1[nH]nc2nc(F)ccn12. The van der Waals surface area contributed by atoms with Gasteiger partial charge >= 0.3 is 5.69 Å². The van der Waals surface area contributed by atoms with Gasteiger partial charge in [0.1, 0.15) is 0 Å². The Labute approximate surface area is 59.5 Å². The number of aromatic amines is 1. The second-order valence-corrected chi connectivity index (χ2v) is 1.95. The summed E-state index contributed by atoms with van der Waals surface area (Å²) in [4.78, 5) is 14.1. The summed E-state index contributed by atoms with van der Waals surface area (Å²) in [5.41, 5.74) is -0.424. The molecule has 0 aliphatic carbocycles. The number of aromatic nitrogens is 4. The van der Waals surface area contributed by atoms with Gasteiger partial charge in [0.25, 0.3) is 5.78 Å². The third-order valence-corrected chi connectivity index (χ3v) is 1.25. The fourth-order valence-corrected chi connectivity index (χ4v) is 0.778. The van der Waals surface area contributed by atoms with Crippen LogP contribution in [0.25, 0.3) is 5.78 Å². The van der Waals surface area contributed by atoms with E-state index in [4.69, 9.17) is 0 Å². The maximum atomic E-state index is 12.4. The van der Waals surface area contributed by atoms with Crippen molar-refractivity contribution in [3.05, 3.63) is 28.7 Å². The molecule has 0 amide bonds. The van der Waals surface area contributed by atoms with E-state index in [1.165, 1.54) is 6.20 Å². The van der Waals surface area contributed by atoms with Crippen LogP contribution < -0.4 is 5.69 Å². The van der Waals surface area contributed by atoms with Crippen LogP contribution in [0.2, 0.25) is 0 Å². The number of nitrogens with one attached hydrogen (secondary N) is 1. The van der Waals surface area contributed by atoms with Crippen LogP contribution >= 0.6 is 0 Å². The predicted octanol–water partition coefficient (Wildman–Crippen LogP) is -0.443. The van der Waals surface area contributed by atoms with E-state index in [9.17, 15) is 9.18 Å². The zero-order chi connectivity index (χ0) is 7.84. The molecule has 6 heteroatoms.